The SMILES string of the molecule is Cc1ccc(C)c(O[C@@H](C)C(=O)NCCc2cn[nH]c2)c1. The van der Waals surface area contributed by atoms with Gasteiger partial charge in [0.25, 0.3) is 5.91 Å². The molecule has 0 bridgehead atoms. The van der Waals surface area contributed by atoms with E-state index >= 15 is 0 Å². The molecule has 2 rings (SSSR count). The predicted octanol–water partition coefficient (Wildman–Crippen LogP) is 2.15. The van der Waals surface area contributed by atoms with E-state index in [2.05, 4.69) is 15.5 Å². The van der Waals surface area contributed by atoms with Gasteiger partial charge in [-0.05, 0) is 49.9 Å². The first kappa shape index (κ1) is 15.1. The molecule has 0 saturated heterocycles. The summed E-state index contributed by atoms with van der Waals surface area (Å²) in [5.74, 6) is 0.645. The molecule has 2 aromatic rings. The van der Waals surface area contributed by atoms with E-state index in [1.807, 2.05) is 38.2 Å². The average molecular weight is 287 g/mol. The van der Waals surface area contributed by atoms with Crippen LogP contribution in [-0.2, 0) is 11.2 Å². The molecule has 0 saturated carbocycles. The summed E-state index contributed by atoms with van der Waals surface area (Å²) >= 11 is 0. The zero-order valence-electron chi connectivity index (χ0n) is 12.6. The van der Waals surface area contributed by atoms with E-state index in [1.54, 1.807) is 13.1 Å². The number of carbonyl (C=O) groups excluding carboxylic acids is 1. The van der Waals surface area contributed by atoms with Crippen LogP contribution in [0, 0.1) is 13.8 Å². The summed E-state index contributed by atoms with van der Waals surface area (Å²) in [4.78, 5) is 12.0. The standard InChI is InChI=1S/C16H21N3O2/c1-11-4-5-12(2)15(8-11)21-13(3)16(20)17-7-6-14-9-18-19-10-14/h4-5,8-10,13H,6-7H2,1-3H3,(H,17,20)(H,18,19)/t13-/m0/s1. The number of ether oxygens (including phenoxy) is 1. The molecule has 0 aliphatic heterocycles. The van der Waals surface area contributed by atoms with Crippen molar-refractivity contribution in [3.63, 3.8) is 0 Å². The number of amides is 1. The minimum atomic E-state index is -0.519. The molecule has 0 aliphatic carbocycles. The third kappa shape index (κ3) is 4.34. The van der Waals surface area contributed by atoms with E-state index in [-0.39, 0.29) is 5.91 Å². The molecule has 112 valence electrons. The molecule has 0 fully saturated rings. The highest BCUT2D eigenvalue weighted by Crippen LogP contribution is 2.20. The van der Waals surface area contributed by atoms with Gasteiger partial charge < -0.3 is 10.1 Å². The van der Waals surface area contributed by atoms with Crippen LogP contribution >= 0.6 is 0 Å². The zero-order chi connectivity index (χ0) is 15.2. The van der Waals surface area contributed by atoms with Crippen molar-refractivity contribution in [2.45, 2.75) is 33.3 Å². The maximum atomic E-state index is 12.0. The van der Waals surface area contributed by atoms with Gasteiger partial charge in [-0.2, -0.15) is 5.10 Å². The summed E-state index contributed by atoms with van der Waals surface area (Å²) in [7, 11) is 0. The number of aryl methyl sites for hydroxylation is 2. The fraction of sp³-hybridized carbons (Fsp3) is 0.375. The topological polar surface area (TPSA) is 67.0 Å². The molecule has 0 radical (unpaired) electrons. The molecule has 0 aliphatic rings. The van der Waals surface area contributed by atoms with Crippen molar-refractivity contribution in [1.29, 1.82) is 0 Å². The summed E-state index contributed by atoms with van der Waals surface area (Å²) in [6.45, 7) is 6.30. The summed E-state index contributed by atoms with van der Waals surface area (Å²) < 4.78 is 5.74. The van der Waals surface area contributed by atoms with Gasteiger partial charge >= 0.3 is 0 Å². The molecule has 21 heavy (non-hydrogen) atoms. The first-order chi connectivity index (χ1) is 10.1. The monoisotopic (exact) mass is 287 g/mol. The van der Waals surface area contributed by atoms with Crippen LogP contribution in [0.1, 0.15) is 23.6 Å². The first-order valence-corrected chi connectivity index (χ1v) is 7.05. The summed E-state index contributed by atoms with van der Waals surface area (Å²) in [5, 5.41) is 9.48. The Labute approximate surface area is 124 Å². The van der Waals surface area contributed by atoms with Crippen molar-refractivity contribution in [2.24, 2.45) is 0 Å². The highest BCUT2D eigenvalue weighted by Gasteiger charge is 2.15. The van der Waals surface area contributed by atoms with Crippen molar-refractivity contribution < 1.29 is 9.53 Å². The van der Waals surface area contributed by atoms with E-state index in [0.29, 0.717) is 6.54 Å². The van der Waals surface area contributed by atoms with Crippen LogP contribution in [-0.4, -0.2) is 28.8 Å². The van der Waals surface area contributed by atoms with E-state index in [4.69, 9.17) is 4.74 Å². The smallest absolute Gasteiger partial charge is 0.260 e. The van der Waals surface area contributed by atoms with E-state index in [1.165, 1.54) is 0 Å². The summed E-state index contributed by atoms with van der Waals surface area (Å²) in [6.07, 6.45) is 3.80. The molecule has 5 heteroatoms. The lowest BCUT2D eigenvalue weighted by atomic mass is 10.1. The number of hydrogen-bond donors (Lipinski definition) is 2. The molecule has 0 unspecified atom stereocenters. The zero-order valence-corrected chi connectivity index (χ0v) is 12.6. The molecule has 2 N–H and O–H groups in total. The fourth-order valence-corrected chi connectivity index (χ4v) is 1.97. The number of H-pyrrole nitrogens is 1. The Morgan fingerprint density at radius 2 is 2.24 bits per heavy atom. The third-order valence-electron chi connectivity index (χ3n) is 3.28. The van der Waals surface area contributed by atoms with Crippen LogP contribution in [0.3, 0.4) is 0 Å². The number of hydrogen-bond acceptors (Lipinski definition) is 3. The minimum absolute atomic E-state index is 0.112. The number of nitrogens with zero attached hydrogens (tertiary/aromatic N) is 1. The van der Waals surface area contributed by atoms with E-state index < -0.39 is 6.10 Å². The quantitative estimate of drug-likeness (QED) is 0.855. The lowest BCUT2D eigenvalue weighted by Gasteiger charge is -2.16. The van der Waals surface area contributed by atoms with Crippen LogP contribution in [0.2, 0.25) is 0 Å². The van der Waals surface area contributed by atoms with Gasteiger partial charge in [-0.25, -0.2) is 0 Å². The molecule has 1 heterocycles. The van der Waals surface area contributed by atoms with Gasteiger partial charge in [0.1, 0.15) is 5.75 Å². The Morgan fingerprint density at radius 1 is 1.43 bits per heavy atom. The normalized spacial score (nSPS) is 12.0. The molecule has 0 spiro atoms. The highest BCUT2D eigenvalue weighted by atomic mass is 16.5. The molecule has 1 aromatic heterocycles. The minimum Gasteiger partial charge on any atom is -0.481 e. The number of rotatable bonds is 6. The van der Waals surface area contributed by atoms with Crippen LogP contribution in [0.4, 0.5) is 0 Å². The predicted molar refractivity (Wildman–Crippen MR) is 81.3 cm³/mol. The molecular formula is C16H21N3O2. The second kappa shape index (κ2) is 6.92. The second-order valence-electron chi connectivity index (χ2n) is 5.18. The Bertz CT molecular complexity index is 594. The van der Waals surface area contributed by atoms with Gasteiger partial charge in [-0.15, -0.1) is 0 Å². The maximum Gasteiger partial charge on any atom is 0.260 e. The van der Waals surface area contributed by atoms with Crippen LogP contribution in [0.5, 0.6) is 5.75 Å². The van der Waals surface area contributed by atoms with Crippen molar-refractivity contribution in [3.05, 3.63) is 47.3 Å². The number of nitrogens with one attached hydrogen (secondary N) is 2. The lowest BCUT2D eigenvalue weighted by molar-refractivity contribution is -0.127. The number of aromatic nitrogens is 2. The summed E-state index contributed by atoms with van der Waals surface area (Å²) in [5.41, 5.74) is 3.21. The van der Waals surface area contributed by atoms with Gasteiger partial charge in [0.05, 0.1) is 6.20 Å². The first-order valence-electron chi connectivity index (χ1n) is 7.05. The average Bonchev–Trinajstić information content (AvgIpc) is 2.96. The molecule has 1 atom stereocenters. The largest absolute Gasteiger partial charge is 0.481 e. The Morgan fingerprint density at radius 3 is 2.95 bits per heavy atom. The molecule has 1 amide bonds. The van der Waals surface area contributed by atoms with Crippen molar-refractivity contribution in [1.82, 2.24) is 15.5 Å². The number of carbonyl (C=O) groups is 1. The van der Waals surface area contributed by atoms with Crippen LogP contribution < -0.4 is 10.1 Å². The van der Waals surface area contributed by atoms with Crippen molar-refractivity contribution in [3.8, 4) is 5.75 Å². The summed E-state index contributed by atoms with van der Waals surface area (Å²) in [6, 6.07) is 5.97. The lowest BCUT2D eigenvalue weighted by Crippen LogP contribution is -2.37. The molecular weight excluding hydrogens is 266 g/mol. The van der Waals surface area contributed by atoms with Gasteiger partial charge in [-0.1, -0.05) is 12.1 Å². The number of aromatic amines is 1. The van der Waals surface area contributed by atoms with Gasteiger partial charge in [0.2, 0.25) is 0 Å². The van der Waals surface area contributed by atoms with Crippen molar-refractivity contribution >= 4 is 5.91 Å². The van der Waals surface area contributed by atoms with Crippen LogP contribution in [0.15, 0.2) is 30.6 Å². The van der Waals surface area contributed by atoms with E-state index in [0.717, 1.165) is 28.9 Å². The Hall–Kier alpha value is -2.30. The van der Waals surface area contributed by atoms with Crippen molar-refractivity contribution in [2.75, 3.05) is 6.54 Å². The Kier molecular flexibility index (Phi) is 4.98. The third-order valence-corrected chi connectivity index (χ3v) is 3.28. The fourth-order valence-electron chi connectivity index (χ4n) is 1.97. The van der Waals surface area contributed by atoms with Gasteiger partial charge in [-0.3, -0.25) is 9.89 Å². The van der Waals surface area contributed by atoms with Gasteiger partial charge in [0, 0.05) is 12.7 Å². The number of benzene rings is 1. The maximum absolute atomic E-state index is 12.0. The van der Waals surface area contributed by atoms with E-state index in [9.17, 15) is 4.79 Å². The molecule has 1 aromatic carbocycles. The molecule has 5 nitrogen and oxygen atoms in total. The highest BCUT2D eigenvalue weighted by molar-refractivity contribution is 5.80. The van der Waals surface area contributed by atoms with Gasteiger partial charge in [0.15, 0.2) is 6.10 Å². The second-order valence-corrected chi connectivity index (χ2v) is 5.18. The Balaban J connectivity index is 1.83. The van der Waals surface area contributed by atoms with Crippen LogP contribution in [0.25, 0.3) is 0 Å².